The van der Waals surface area contributed by atoms with Crippen LogP contribution in [0.3, 0.4) is 0 Å². The number of benzene rings is 1. The summed E-state index contributed by atoms with van der Waals surface area (Å²) in [4.78, 5) is 14.1. The van der Waals surface area contributed by atoms with Crippen molar-refractivity contribution in [3.8, 4) is 0 Å². The lowest BCUT2D eigenvalue weighted by molar-refractivity contribution is -0.149. The monoisotopic (exact) mass is 248 g/mol. The first-order chi connectivity index (χ1) is 8.66. The molecule has 1 aromatic carbocycles. The van der Waals surface area contributed by atoms with E-state index in [1.54, 1.807) is 0 Å². The van der Waals surface area contributed by atoms with E-state index in [1.807, 2.05) is 37.4 Å². The third kappa shape index (κ3) is 3.31. The first-order valence-corrected chi connectivity index (χ1v) is 6.31. The van der Waals surface area contributed by atoms with Gasteiger partial charge in [0.25, 0.3) is 0 Å². The number of hydrogen-bond acceptors (Lipinski definition) is 4. The Morgan fingerprint density at radius 2 is 2.17 bits per heavy atom. The van der Waals surface area contributed by atoms with Gasteiger partial charge in [0.2, 0.25) is 0 Å². The Bertz CT molecular complexity index is 394. The Morgan fingerprint density at radius 3 is 2.83 bits per heavy atom. The number of likely N-dealkylation sites (N-methyl/N-ethyl adjacent to an activating group) is 1. The van der Waals surface area contributed by atoms with Crippen LogP contribution >= 0.6 is 0 Å². The number of rotatable bonds is 3. The van der Waals surface area contributed by atoms with E-state index in [9.17, 15) is 4.79 Å². The highest BCUT2D eigenvalue weighted by Gasteiger charge is 2.28. The highest BCUT2D eigenvalue weighted by molar-refractivity contribution is 5.76. The molecular weight excluding hydrogens is 228 g/mol. The summed E-state index contributed by atoms with van der Waals surface area (Å²) in [5, 5.41) is 3.22. The van der Waals surface area contributed by atoms with Crippen LogP contribution in [0.4, 0.5) is 0 Å². The molecule has 0 radical (unpaired) electrons. The van der Waals surface area contributed by atoms with Gasteiger partial charge in [-0.1, -0.05) is 30.3 Å². The third-order valence-corrected chi connectivity index (χ3v) is 3.39. The Balaban J connectivity index is 1.82. The number of nitrogens with zero attached hydrogens (tertiary/aromatic N) is 1. The molecule has 0 bridgehead atoms. The van der Waals surface area contributed by atoms with Crippen molar-refractivity contribution in [2.45, 2.75) is 25.6 Å². The minimum atomic E-state index is -0.213. The Hall–Kier alpha value is -1.39. The quantitative estimate of drug-likeness (QED) is 0.811. The van der Waals surface area contributed by atoms with Crippen LogP contribution in [0.15, 0.2) is 30.3 Å². The molecule has 1 aliphatic heterocycles. The van der Waals surface area contributed by atoms with E-state index in [0.717, 1.165) is 12.1 Å². The molecule has 1 aliphatic rings. The second kappa shape index (κ2) is 5.98. The van der Waals surface area contributed by atoms with Crippen molar-refractivity contribution >= 4 is 5.97 Å². The van der Waals surface area contributed by atoms with Gasteiger partial charge in [-0.05, 0) is 19.5 Å². The van der Waals surface area contributed by atoms with Crippen LogP contribution < -0.4 is 5.32 Å². The summed E-state index contributed by atoms with van der Waals surface area (Å²) in [5.41, 5.74) is 1.02. The number of piperazine rings is 1. The maximum absolute atomic E-state index is 11.9. The lowest BCUT2D eigenvalue weighted by atomic mass is 10.1. The second-order valence-corrected chi connectivity index (χ2v) is 4.84. The molecule has 0 saturated carbocycles. The molecule has 0 aliphatic carbocycles. The van der Waals surface area contributed by atoms with Crippen molar-refractivity contribution in [1.29, 1.82) is 0 Å². The zero-order chi connectivity index (χ0) is 13.0. The Morgan fingerprint density at radius 1 is 1.44 bits per heavy atom. The number of nitrogens with one attached hydrogen (secondary N) is 1. The normalized spacial score (nSPS) is 24.8. The van der Waals surface area contributed by atoms with E-state index in [1.165, 1.54) is 0 Å². The van der Waals surface area contributed by atoms with Gasteiger partial charge < -0.3 is 15.0 Å². The summed E-state index contributed by atoms with van der Waals surface area (Å²) in [7, 11) is 2.03. The van der Waals surface area contributed by atoms with Crippen LogP contribution in [0, 0.1) is 0 Å². The fraction of sp³-hybridized carbons (Fsp3) is 0.500. The number of carbonyl (C=O) groups is 1. The van der Waals surface area contributed by atoms with Gasteiger partial charge in [0.15, 0.2) is 0 Å². The number of esters is 1. The SMILES string of the molecule is CC1CNC(C(=O)OCc2ccccc2)CN1C. The van der Waals surface area contributed by atoms with Crippen LogP contribution in [-0.2, 0) is 16.1 Å². The van der Waals surface area contributed by atoms with Gasteiger partial charge in [-0.2, -0.15) is 0 Å². The maximum atomic E-state index is 11.9. The first kappa shape index (κ1) is 13.1. The minimum absolute atomic E-state index is 0.169. The summed E-state index contributed by atoms with van der Waals surface area (Å²) < 4.78 is 5.32. The van der Waals surface area contributed by atoms with Gasteiger partial charge in [0.05, 0.1) is 0 Å². The van der Waals surface area contributed by atoms with Crippen LogP contribution in [0.1, 0.15) is 12.5 Å². The highest BCUT2D eigenvalue weighted by Crippen LogP contribution is 2.07. The van der Waals surface area contributed by atoms with E-state index in [2.05, 4.69) is 17.1 Å². The molecule has 0 spiro atoms. The van der Waals surface area contributed by atoms with Crippen molar-refractivity contribution < 1.29 is 9.53 Å². The zero-order valence-electron chi connectivity index (χ0n) is 10.9. The van der Waals surface area contributed by atoms with Crippen LogP contribution in [-0.4, -0.2) is 43.1 Å². The molecule has 98 valence electrons. The fourth-order valence-electron chi connectivity index (χ4n) is 1.99. The Kier molecular flexibility index (Phi) is 4.33. The van der Waals surface area contributed by atoms with Crippen molar-refractivity contribution in [2.24, 2.45) is 0 Å². The molecule has 1 saturated heterocycles. The lowest BCUT2D eigenvalue weighted by Crippen LogP contribution is -2.57. The van der Waals surface area contributed by atoms with Gasteiger partial charge in [0, 0.05) is 19.1 Å². The Labute approximate surface area is 108 Å². The molecule has 0 aromatic heterocycles. The molecule has 1 N–H and O–H groups in total. The molecule has 2 rings (SSSR count). The molecule has 4 heteroatoms. The lowest BCUT2D eigenvalue weighted by Gasteiger charge is -2.34. The van der Waals surface area contributed by atoms with E-state index in [-0.39, 0.29) is 12.0 Å². The fourth-order valence-corrected chi connectivity index (χ4v) is 1.99. The largest absolute Gasteiger partial charge is 0.460 e. The number of hydrogen-bond donors (Lipinski definition) is 1. The summed E-state index contributed by atoms with van der Waals surface area (Å²) in [6.07, 6.45) is 0. The molecule has 2 unspecified atom stereocenters. The van der Waals surface area contributed by atoms with Crippen LogP contribution in [0.2, 0.25) is 0 Å². The van der Waals surface area contributed by atoms with Gasteiger partial charge in [-0.25, -0.2) is 0 Å². The van der Waals surface area contributed by atoms with E-state index in [4.69, 9.17) is 4.74 Å². The average Bonchev–Trinajstić information content (AvgIpc) is 2.40. The molecule has 0 amide bonds. The van der Waals surface area contributed by atoms with Gasteiger partial charge in [0.1, 0.15) is 12.6 Å². The minimum Gasteiger partial charge on any atom is -0.460 e. The molecule has 4 nitrogen and oxygen atoms in total. The topological polar surface area (TPSA) is 41.6 Å². The average molecular weight is 248 g/mol. The summed E-state index contributed by atoms with van der Waals surface area (Å²) in [6.45, 7) is 4.01. The molecule has 2 atom stereocenters. The summed E-state index contributed by atoms with van der Waals surface area (Å²) >= 11 is 0. The predicted molar refractivity (Wildman–Crippen MR) is 70.1 cm³/mol. The van der Waals surface area contributed by atoms with Gasteiger partial charge >= 0.3 is 5.97 Å². The standard InChI is InChI=1S/C14H20N2O2/c1-11-8-15-13(9-16(11)2)14(17)18-10-12-6-4-3-5-7-12/h3-7,11,13,15H,8-10H2,1-2H3. The van der Waals surface area contributed by atoms with Crippen LogP contribution in [0.25, 0.3) is 0 Å². The maximum Gasteiger partial charge on any atom is 0.324 e. The molecular formula is C14H20N2O2. The molecule has 1 fully saturated rings. The number of carbonyl (C=O) groups excluding carboxylic acids is 1. The molecule has 18 heavy (non-hydrogen) atoms. The molecule has 1 aromatic rings. The van der Waals surface area contributed by atoms with E-state index in [0.29, 0.717) is 19.2 Å². The van der Waals surface area contributed by atoms with Crippen molar-refractivity contribution in [3.63, 3.8) is 0 Å². The van der Waals surface area contributed by atoms with Gasteiger partial charge in [-0.3, -0.25) is 4.79 Å². The third-order valence-electron chi connectivity index (χ3n) is 3.39. The van der Waals surface area contributed by atoms with E-state index < -0.39 is 0 Å². The highest BCUT2D eigenvalue weighted by atomic mass is 16.5. The first-order valence-electron chi connectivity index (χ1n) is 6.31. The van der Waals surface area contributed by atoms with Crippen molar-refractivity contribution in [1.82, 2.24) is 10.2 Å². The zero-order valence-corrected chi connectivity index (χ0v) is 10.9. The second-order valence-electron chi connectivity index (χ2n) is 4.84. The number of ether oxygens (including phenoxy) is 1. The summed E-state index contributed by atoms with van der Waals surface area (Å²) in [6, 6.07) is 9.99. The van der Waals surface area contributed by atoms with Crippen molar-refractivity contribution in [3.05, 3.63) is 35.9 Å². The van der Waals surface area contributed by atoms with Crippen molar-refractivity contribution in [2.75, 3.05) is 20.1 Å². The smallest absolute Gasteiger partial charge is 0.324 e. The van der Waals surface area contributed by atoms with Gasteiger partial charge in [-0.15, -0.1) is 0 Å². The summed E-state index contributed by atoms with van der Waals surface area (Å²) in [5.74, 6) is -0.169. The predicted octanol–water partition coefficient (Wildman–Crippen LogP) is 1.02. The molecule has 1 heterocycles. The van der Waals surface area contributed by atoms with E-state index >= 15 is 0 Å². The van der Waals surface area contributed by atoms with Crippen LogP contribution in [0.5, 0.6) is 0 Å².